The van der Waals surface area contributed by atoms with Crippen LogP contribution in [-0.2, 0) is 10.3 Å². The van der Waals surface area contributed by atoms with Crippen LogP contribution in [0.25, 0.3) is 0 Å². The summed E-state index contributed by atoms with van der Waals surface area (Å²) in [6.07, 6.45) is -3.72. The second-order valence-corrected chi connectivity index (χ2v) is 7.80. The van der Waals surface area contributed by atoms with E-state index in [0.29, 0.717) is 0 Å². The molecule has 4 rings (SSSR count). The van der Waals surface area contributed by atoms with Crippen molar-refractivity contribution in [1.82, 2.24) is 9.97 Å². The zero-order chi connectivity index (χ0) is 24.5. The van der Waals surface area contributed by atoms with Gasteiger partial charge in [0.2, 0.25) is 5.88 Å². The number of carbonyl (C=O) groups is 1. The van der Waals surface area contributed by atoms with Gasteiger partial charge in [0.25, 0.3) is 0 Å². The van der Waals surface area contributed by atoms with Gasteiger partial charge in [0.15, 0.2) is 5.60 Å². The zero-order valence-electron chi connectivity index (χ0n) is 17.5. The number of para-hydroxylation sites is 1. The monoisotopic (exact) mass is 496 g/mol. The van der Waals surface area contributed by atoms with Crippen LogP contribution in [0.15, 0.2) is 48.7 Å². The van der Waals surface area contributed by atoms with Gasteiger partial charge < -0.3 is 20.1 Å². The largest absolute Gasteiger partial charge is 0.437 e. The van der Waals surface area contributed by atoms with Gasteiger partial charge in [-0.2, -0.15) is 18.2 Å². The van der Waals surface area contributed by atoms with Crippen LogP contribution in [0.4, 0.5) is 33.7 Å². The van der Waals surface area contributed by atoms with Gasteiger partial charge in [-0.15, -0.1) is 0 Å². The molecule has 7 nitrogen and oxygen atoms in total. The zero-order valence-corrected chi connectivity index (χ0v) is 18.3. The quantitative estimate of drug-likeness (QED) is 0.411. The first-order chi connectivity index (χ1) is 16.1. The summed E-state index contributed by atoms with van der Waals surface area (Å²) in [6, 6.07) is 8.37. The molecule has 34 heavy (non-hydrogen) atoms. The van der Waals surface area contributed by atoms with Gasteiger partial charge in [-0.25, -0.2) is 14.2 Å². The number of rotatable bonds is 5. The highest BCUT2D eigenvalue weighted by Gasteiger charge is 2.62. The molecule has 1 saturated heterocycles. The molecule has 0 spiro atoms. The number of carbonyl (C=O) groups excluding carboxylic acids is 1. The molecule has 2 heterocycles. The lowest BCUT2D eigenvalue weighted by atomic mass is 9.85. The Balaban J connectivity index is 1.61. The lowest BCUT2D eigenvalue weighted by Gasteiger charge is -2.43. The van der Waals surface area contributed by atoms with Crippen molar-refractivity contribution in [1.29, 1.82) is 0 Å². The SMILES string of the molecule is Cc1ncc(NC(=O)Nc2ccc(Cl)cc2F)c(Oc2ccccc2C2(C(F)(F)F)CCO2)n1. The summed E-state index contributed by atoms with van der Waals surface area (Å²) < 4.78 is 66.2. The molecule has 2 aromatic carbocycles. The molecule has 2 amide bonds. The maximum atomic E-state index is 14.0. The fraction of sp³-hybridized carbons (Fsp3) is 0.227. The average molecular weight is 497 g/mol. The Morgan fingerprint density at radius 2 is 1.88 bits per heavy atom. The smallest absolute Gasteiger partial charge is 0.421 e. The van der Waals surface area contributed by atoms with Gasteiger partial charge >= 0.3 is 12.2 Å². The second-order valence-electron chi connectivity index (χ2n) is 7.36. The lowest BCUT2D eigenvalue weighted by molar-refractivity contribution is -0.333. The van der Waals surface area contributed by atoms with Gasteiger partial charge in [0.1, 0.15) is 23.1 Å². The Morgan fingerprint density at radius 3 is 2.53 bits per heavy atom. The molecule has 1 unspecified atom stereocenters. The molecule has 2 N–H and O–H groups in total. The number of halogens is 5. The molecule has 0 saturated carbocycles. The highest BCUT2D eigenvalue weighted by molar-refractivity contribution is 6.30. The molecule has 0 bridgehead atoms. The van der Waals surface area contributed by atoms with Crippen LogP contribution >= 0.6 is 11.6 Å². The molecule has 0 aliphatic carbocycles. The maximum absolute atomic E-state index is 14.0. The third-order valence-corrected chi connectivity index (χ3v) is 5.33. The van der Waals surface area contributed by atoms with Crippen molar-refractivity contribution < 1.29 is 31.8 Å². The molecule has 1 atom stereocenters. The summed E-state index contributed by atoms with van der Waals surface area (Å²) in [7, 11) is 0. The molecule has 0 radical (unpaired) electrons. The van der Waals surface area contributed by atoms with Gasteiger partial charge in [-0.05, 0) is 31.2 Å². The van der Waals surface area contributed by atoms with Crippen molar-refractivity contribution in [3.63, 3.8) is 0 Å². The van der Waals surface area contributed by atoms with E-state index >= 15 is 0 Å². The van der Waals surface area contributed by atoms with Gasteiger partial charge in [-0.1, -0.05) is 29.8 Å². The normalized spacial score (nSPS) is 17.6. The van der Waals surface area contributed by atoms with E-state index < -0.39 is 23.6 Å². The van der Waals surface area contributed by atoms with Crippen molar-refractivity contribution in [3.05, 3.63) is 70.9 Å². The van der Waals surface area contributed by atoms with Crippen LogP contribution in [0.1, 0.15) is 17.8 Å². The molecule has 178 valence electrons. The summed E-state index contributed by atoms with van der Waals surface area (Å²) in [5, 5.41) is 4.86. The summed E-state index contributed by atoms with van der Waals surface area (Å²) >= 11 is 5.70. The number of urea groups is 1. The molecule has 1 aliphatic heterocycles. The van der Waals surface area contributed by atoms with E-state index in [1.807, 2.05) is 0 Å². The lowest BCUT2D eigenvalue weighted by Crippen LogP contribution is -2.52. The number of alkyl halides is 3. The van der Waals surface area contributed by atoms with E-state index in [4.69, 9.17) is 21.1 Å². The summed E-state index contributed by atoms with van der Waals surface area (Å²) in [4.78, 5) is 20.5. The molecule has 3 aromatic rings. The number of hydrogen-bond donors (Lipinski definition) is 2. The highest BCUT2D eigenvalue weighted by atomic mass is 35.5. The molecular weight excluding hydrogens is 480 g/mol. The summed E-state index contributed by atoms with van der Waals surface area (Å²) in [5.74, 6) is -0.869. The van der Waals surface area contributed by atoms with Crippen LogP contribution in [0.5, 0.6) is 11.6 Å². The average Bonchev–Trinajstić information content (AvgIpc) is 2.71. The van der Waals surface area contributed by atoms with Crippen molar-refractivity contribution >= 4 is 29.0 Å². The number of hydrogen-bond acceptors (Lipinski definition) is 5. The van der Waals surface area contributed by atoms with E-state index in [2.05, 4.69) is 20.6 Å². The van der Waals surface area contributed by atoms with Crippen LogP contribution in [-0.4, -0.2) is 28.8 Å². The minimum Gasteiger partial charge on any atom is -0.437 e. The van der Waals surface area contributed by atoms with Crippen LogP contribution in [0.3, 0.4) is 0 Å². The fourth-order valence-corrected chi connectivity index (χ4v) is 3.53. The summed E-state index contributed by atoms with van der Waals surface area (Å²) in [6.45, 7) is 1.49. The molecule has 12 heteroatoms. The van der Waals surface area contributed by atoms with Crippen molar-refractivity contribution in [2.75, 3.05) is 17.2 Å². The molecule has 1 aliphatic rings. The van der Waals surface area contributed by atoms with Crippen molar-refractivity contribution in [2.24, 2.45) is 0 Å². The first-order valence-electron chi connectivity index (χ1n) is 9.94. The van der Waals surface area contributed by atoms with Crippen LogP contribution in [0, 0.1) is 12.7 Å². The first-order valence-corrected chi connectivity index (χ1v) is 10.3. The van der Waals surface area contributed by atoms with Gasteiger partial charge in [0.05, 0.1) is 18.5 Å². The Labute approximate surface area is 196 Å². The maximum Gasteiger partial charge on any atom is 0.421 e. The number of amides is 2. The Hall–Kier alpha value is -3.44. The number of anilines is 2. The third kappa shape index (κ3) is 4.62. The van der Waals surface area contributed by atoms with E-state index in [1.165, 1.54) is 49.5 Å². The van der Waals surface area contributed by atoms with Gasteiger partial charge in [0, 0.05) is 17.0 Å². The highest BCUT2D eigenvalue weighted by Crippen LogP contribution is 2.53. The Morgan fingerprint density at radius 1 is 1.18 bits per heavy atom. The van der Waals surface area contributed by atoms with E-state index in [-0.39, 0.29) is 52.4 Å². The third-order valence-electron chi connectivity index (χ3n) is 5.09. The number of nitrogens with zero attached hydrogens (tertiary/aromatic N) is 2. The van der Waals surface area contributed by atoms with Gasteiger partial charge in [-0.3, -0.25) is 0 Å². The number of aromatic nitrogens is 2. The predicted octanol–water partition coefficient (Wildman–Crippen LogP) is 6.19. The Kier molecular flexibility index (Phi) is 6.32. The summed E-state index contributed by atoms with van der Waals surface area (Å²) in [5.41, 5.74) is -2.91. The number of nitrogens with one attached hydrogen (secondary N) is 2. The molecular formula is C22H17ClF4N4O3. The van der Waals surface area contributed by atoms with E-state index in [1.54, 1.807) is 0 Å². The van der Waals surface area contributed by atoms with E-state index in [9.17, 15) is 22.4 Å². The minimum atomic E-state index is -4.67. The van der Waals surface area contributed by atoms with Crippen LogP contribution < -0.4 is 15.4 Å². The number of benzene rings is 2. The standard InChI is InChI=1S/C22H17ClF4N4O3/c1-12-28-11-17(31-20(32)30-16-7-6-13(23)10-15(16)24)19(29-12)34-18-5-3-2-4-14(18)21(8-9-33-21)22(25,26)27/h2-7,10-11H,8-9H2,1H3,(H2,30,31,32). The van der Waals surface area contributed by atoms with Crippen LogP contribution in [0.2, 0.25) is 5.02 Å². The molecule has 1 aromatic heterocycles. The number of aryl methyl sites for hydroxylation is 1. The minimum absolute atomic E-state index is 0.0469. The Bertz CT molecular complexity index is 1240. The molecule has 1 fully saturated rings. The predicted molar refractivity (Wildman–Crippen MR) is 116 cm³/mol. The van der Waals surface area contributed by atoms with E-state index in [0.717, 1.165) is 6.07 Å². The van der Waals surface area contributed by atoms with Crippen molar-refractivity contribution in [3.8, 4) is 11.6 Å². The fourth-order valence-electron chi connectivity index (χ4n) is 3.37. The number of ether oxygens (including phenoxy) is 2. The first kappa shape index (κ1) is 23.7. The second kappa shape index (κ2) is 9.07. The topological polar surface area (TPSA) is 85.4 Å². The van der Waals surface area contributed by atoms with Crippen molar-refractivity contribution in [2.45, 2.75) is 25.1 Å².